The Hall–Kier alpha value is -1.06. The second kappa shape index (κ2) is 11.7. The minimum atomic E-state index is -0.488. The van der Waals surface area contributed by atoms with E-state index < -0.39 is 6.04 Å². The molecule has 1 N–H and O–H groups in total. The lowest BCUT2D eigenvalue weighted by molar-refractivity contribution is -0.145. The van der Waals surface area contributed by atoms with E-state index in [-0.39, 0.29) is 11.9 Å². The van der Waals surface area contributed by atoms with Gasteiger partial charge in [-0.25, -0.2) is 4.79 Å². The quantitative estimate of drug-likeness (QED) is 0.467. The molecular formula is C16H31NO3. The summed E-state index contributed by atoms with van der Waals surface area (Å²) in [6, 6.07) is -0.488. The molecule has 4 nitrogen and oxygen atoms in total. The van der Waals surface area contributed by atoms with Crippen LogP contribution in [0, 0.1) is 5.92 Å². The third-order valence-corrected chi connectivity index (χ3v) is 3.26. The normalized spacial score (nSPS) is 12.2. The van der Waals surface area contributed by atoms with E-state index >= 15 is 0 Å². The molecular weight excluding hydrogens is 254 g/mol. The van der Waals surface area contributed by atoms with Crippen LogP contribution in [0.4, 0.5) is 0 Å². The van der Waals surface area contributed by atoms with Gasteiger partial charge in [0.1, 0.15) is 6.04 Å². The fraction of sp³-hybridized carbons (Fsp3) is 0.875. The highest BCUT2D eigenvalue weighted by Crippen LogP contribution is 2.10. The largest absolute Gasteiger partial charge is 0.467 e. The van der Waals surface area contributed by atoms with Crippen LogP contribution in [-0.2, 0) is 14.3 Å². The monoisotopic (exact) mass is 285 g/mol. The molecule has 0 bridgehead atoms. The molecule has 0 spiro atoms. The molecule has 0 aromatic rings. The van der Waals surface area contributed by atoms with Crippen LogP contribution in [0.25, 0.3) is 0 Å². The summed E-state index contributed by atoms with van der Waals surface area (Å²) in [5.41, 5.74) is 0. The van der Waals surface area contributed by atoms with Gasteiger partial charge in [-0.15, -0.1) is 0 Å². The van der Waals surface area contributed by atoms with Crippen molar-refractivity contribution in [2.45, 2.75) is 78.2 Å². The Balaban J connectivity index is 4.03. The Morgan fingerprint density at radius 3 is 2.20 bits per heavy atom. The van der Waals surface area contributed by atoms with Crippen molar-refractivity contribution in [1.29, 1.82) is 0 Å². The maximum Gasteiger partial charge on any atom is 0.328 e. The van der Waals surface area contributed by atoms with Gasteiger partial charge in [0, 0.05) is 6.42 Å². The number of amides is 1. The van der Waals surface area contributed by atoms with Gasteiger partial charge in [0.25, 0.3) is 0 Å². The Morgan fingerprint density at radius 1 is 1.05 bits per heavy atom. The molecule has 0 aliphatic rings. The van der Waals surface area contributed by atoms with Gasteiger partial charge in [0.2, 0.25) is 5.91 Å². The van der Waals surface area contributed by atoms with E-state index in [1.165, 1.54) is 32.8 Å². The summed E-state index contributed by atoms with van der Waals surface area (Å²) in [6.07, 6.45) is 8.12. The second-order valence-corrected chi connectivity index (χ2v) is 5.80. The van der Waals surface area contributed by atoms with Crippen LogP contribution in [0.15, 0.2) is 0 Å². The lowest BCUT2D eigenvalue weighted by Gasteiger charge is -2.17. The van der Waals surface area contributed by atoms with Crippen LogP contribution in [0.5, 0.6) is 0 Å². The topological polar surface area (TPSA) is 55.4 Å². The molecule has 0 saturated carbocycles. The number of rotatable bonds is 11. The summed E-state index contributed by atoms with van der Waals surface area (Å²) in [4.78, 5) is 23.4. The summed E-state index contributed by atoms with van der Waals surface area (Å²) in [7, 11) is 1.37. The van der Waals surface area contributed by atoms with E-state index in [1.807, 2.05) is 13.8 Å². The molecule has 0 aromatic carbocycles. The first-order chi connectivity index (χ1) is 9.51. The van der Waals surface area contributed by atoms with Gasteiger partial charge < -0.3 is 10.1 Å². The van der Waals surface area contributed by atoms with Crippen molar-refractivity contribution < 1.29 is 14.3 Å². The molecule has 0 aliphatic heterocycles. The van der Waals surface area contributed by atoms with E-state index in [1.54, 1.807) is 0 Å². The van der Waals surface area contributed by atoms with Crippen molar-refractivity contribution in [3.05, 3.63) is 0 Å². The molecule has 0 saturated heterocycles. The first-order valence-corrected chi connectivity index (χ1v) is 7.88. The highest BCUT2D eigenvalue weighted by atomic mass is 16.5. The Bertz CT molecular complexity index is 277. The maximum atomic E-state index is 11.7. The number of carbonyl (C=O) groups excluding carboxylic acids is 2. The zero-order chi connectivity index (χ0) is 15.4. The van der Waals surface area contributed by atoms with Crippen molar-refractivity contribution in [1.82, 2.24) is 5.32 Å². The van der Waals surface area contributed by atoms with Crippen molar-refractivity contribution in [3.63, 3.8) is 0 Å². The van der Waals surface area contributed by atoms with Crippen molar-refractivity contribution >= 4 is 11.9 Å². The van der Waals surface area contributed by atoms with Crippen molar-refractivity contribution in [2.24, 2.45) is 5.92 Å². The third kappa shape index (κ3) is 9.82. The number of hydrogen-bond donors (Lipinski definition) is 1. The van der Waals surface area contributed by atoms with Gasteiger partial charge in [-0.2, -0.15) is 0 Å². The number of unbranched alkanes of at least 4 members (excludes halogenated alkanes) is 5. The molecule has 1 amide bonds. The lowest BCUT2D eigenvalue weighted by atomic mass is 10.0. The van der Waals surface area contributed by atoms with Gasteiger partial charge in [-0.05, 0) is 12.3 Å². The van der Waals surface area contributed by atoms with Gasteiger partial charge in [0.15, 0.2) is 0 Å². The molecule has 0 aliphatic carbocycles. The molecule has 0 unspecified atom stereocenters. The maximum absolute atomic E-state index is 11.7. The Kier molecular flexibility index (Phi) is 11.1. The Labute approximate surface area is 123 Å². The minimum Gasteiger partial charge on any atom is -0.467 e. The zero-order valence-electron chi connectivity index (χ0n) is 13.5. The van der Waals surface area contributed by atoms with Gasteiger partial charge in [0.05, 0.1) is 7.11 Å². The summed E-state index contributed by atoms with van der Waals surface area (Å²) < 4.78 is 4.76. The SMILES string of the molecule is CCCCCCCC[C@@H](NC(=O)CC(C)C)C(=O)OC. The molecule has 0 heterocycles. The highest BCUT2D eigenvalue weighted by Gasteiger charge is 2.21. The number of ether oxygens (including phenoxy) is 1. The number of esters is 1. The zero-order valence-corrected chi connectivity index (χ0v) is 13.5. The molecule has 1 atom stereocenters. The van der Waals surface area contributed by atoms with Crippen LogP contribution < -0.4 is 5.32 Å². The first-order valence-electron chi connectivity index (χ1n) is 7.88. The van der Waals surface area contributed by atoms with Crippen molar-refractivity contribution in [3.8, 4) is 0 Å². The van der Waals surface area contributed by atoms with Crippen LogP contribution in [0.1, 0.15) is 72.1 Å². The predicted octanol–water partition coefficient (Wildman–Crippen LogP) is 3.44. The number of methoxy groups -OCH3 is 1. The number of nitrogens with one attached hydrogen (secondary N) is 1. The average molecular weight is 285 g/mol. The molecule has 4 heteroatoms. The molecule has 0 aromatic heterocycles. The van der Waals surface area contributed by atoms with E-state index in [0.717, 1.165) is 12.8 Å². The molecule has 0 fully saturated rings. The summed E-state index contributed by atoms with van der Waals surface area (Å²) in [5.74, 6) is -0.112. The van der Waals surface area contributed by atoms with E-state index in [4.69, 9.17) is 4.74 Å². The molecule has 0 rings (SSSR count). The van der Waals surface area contributed by atoms with Gasteiger partial charge in [-0.1, -0.05) is 59.3 Å². The molecule has 20 heavy (non-hydrogen) atoms. The molecule has 118 valence electrons. The average Bonchev–Trinajstić information content (AvgIpc) is 2.39. The smallest absolute Gasteiger partial charge is 0.328 e. The van der Waals surface area contributed by atoms with Crippen LogP contribution in [-0.4, -0.2) is 25.0 Å². The van der Waals surface area contributed by atoms with Gasteiger partial charge >= 0.3 is 5.97 Å². The van der Waals surface area contributed by atoms with E-state index in [0.29, 0.717) is 18.8 Å². The predicted molar refractivity (Wildman–Crippen MR) is 81.4 cm³/mol. The summed E-state index contributed by atoms with van der Waals surface area (Å²) in [6.45, 7) is 6.17. The fourth-order valence-corrected chi connectivity index (χ4v) is 2.14. The summed E-state index contributed by atoms with van der Waals surface area (Å²) in [5, 5.41) is 2.79. The first kappa shape index (κ1) is 18.9. The van der Waals surface area contributed by atoms with Crippen LogP contribution in [0.3, 0.4) is 0 Å². The minimum absolute atomic E-state index is 0.0682. The third-order valence-electron chi connectivity index (χ3n) is 3.26. The van der Waals surface area contributed by atoms with E-state index in [2.05, 4.69) is 12.2 Å². The fourth-order valence-electron chi connectivity index (χ4n) is 2.14. The molecule has 0 radical (unpaired) electrons. The summed E-state index contributed by atoms with van der Waals surface area (Å²) >= 11 is 0. The second-order valence-electron chi connectivity index (χ2n) is 5.80. The van der Waals surface area contributed by atoms with Gasteiger partial charge in [-0.3, -0.25) is 4.79 Å². The number of hydrogen-bond acceptors (Lipinski definition) is 3. The Morgan fingerprint density at radius 2 is 1.65 bits per heavy atom. The number of carbonyl (C=O) groups is 2. The lowest BCUT2D eigenvalue weighted by Crippen LogP contribution is -2.41. The standard InChI is InChI=1S/C16H31NO3/c1-5-6-7-8-9-10-11-14(16(19)20-4)17-15(18)12-13(2)3/h13-14H,5-12H2,1-4H3,(H,17,18)/t14-/m1/s1. The van der Waals surface area contributed by atoms with E-state index in [9.17, 15) is 9.59 Å². The van der Waals surface area contributed by atoms with Crippen LogP contribution >= 0.6 is 0 Å². The highest BCUT2D eigenvalue weighted by molar-refractivity contribution is 5.84. The van der Waals surface area contributed by atoms with Crippen LogP contribution in [0.2, 0.25) is 0 Å². The van der Waals surface area contributed by atoms with Crippen molar-refractivity contribution in [2.75, 3.05) is 7.11 Å².